The predicted octanol–water partition coefficient (Wildman–Crippen LogP) is 2.00. The molecule has 0 spiro atoms. The summed E-state index contributed by atoms with van der Waals surface area (Å²) in [6.45, 7) is 5.76. The largest absolute Gasteiger partial charge is 0.490 e. The van der Waals surface area contributed by atoms with Crippen molar-refractivity contribution >= 4 is 17.8 Å². The van der Waals surface area contributed by atoms with E-state index in [1.165, 1.54) is 0 Å². The zero-order valence-electron chi connectivity index (χ0n) is 15.2. The lowest BCUT2D eigenvalue weighted by Gasteiger charge is -2.21. The molecule has 1 rings (SSSR count). The molecule has 1 amide bonds. The fraction of sp³-hybridized carbons (Fsp3) is 0.471. The smallest absolute Gasteiger partial charge is 0.475 e. The lowest BCUT2D eigenvalue weighted by Crippen LogP contribution is -2.44. The van der Waals surface area contributed by atoms with Crippen molar-refractivity contribution in [1.82, 2.24) is 5.32 Å². The molecule has 0 heterocycles. The third-order valence-corrected chi connectivity index (χ3v) is 2.69. The second-order valence-corrected chi connectivity index (χ2v) is 6.51. The Bertz CT molecular complexity index is 628. The van der Waals surface area contributed by atoms with Gasteiger partial charge in [-0.2, -0.15) is 13.2 Å². The standard InChI is InChI=1S/C15H22N2O3.C2HF3O2/c1-15(2,3)17-13(18)9-12(16)14(19)20-10-11-7-5-4-6-8-11;3-2(4,5)1(6)7/h4-8,12H,9-10,16H2,1-3H3,(H,17,18);(H,6,7)/t12-;/m0./s1. The van der Waals surface area contributed by atoms with Gasteiger partial charge in [-0.3, -0.25) is 9.59 Å². The number of ether oxygens (including phenoxy) is 1. The van der Waals surface area contributed by atoms with Gasteiger partial charge in [0.1, 0.15) is 12.6 Å². The maximum Gasteiger partial charge on any atom is 0.490 e. The third-order valence-electron chi connectivity index (χ3n) is 2.69. The van der Waals surface area contributed by atoms with Crippen molar-refractivity contribution in [3.05, 3.63) is 35.9 Å². The number of halogens is 3. The highest BCUT2D eigenvalue weighted by Gasteiger charge is 2.38. The van der Waals surface area contributed by atoms with Gasteiger partial charge in [0.25, 0.3) is 0 Å². The van der Waals surface area contributed by atoms with E-state index in [4.69, 9.17) is 20.4 Å². The zero-order valence-corrected chi connectivity index (χ0v) is 15.2. The summed E-state index contributed by atoms with van der Waals surface area (Å²) in [4.78, 5) is 32.2. The molecule has 0 aliphatic rings. The Hall–Kier alpha value is -2.62. The van der Waals surface area contributed by atoms with Crippen molar-refractivity contribution in [1.29, 1.82) is 0 Å². The van der Waals surface area contributed by atoms with Crippen LogP contribution in [-0.4, -0.2) is 40.7 Å². The van der Waals surface area contributed by atoms with Gasteiger partial charge in [-0.25, -0.2) is 4.79 Å². The van der Waals surface area contributed by atoms with E-state index in [0.29, 0.717) is 0 Å². The Morgan fingerprint density at radius 1 is 1.15 bits per heavy atom. The van der Waals surface area contributed by atoms with Gasteiger partial charge in [-0.1, -0.05) is 30.3 Å². The van der Waals surface area contributed by atoms with Crippen LogP contribution in [0.5, 0.6) is 0 Å². The maximum absolute atomic E-state index is 11.7. The van der Waals surface area contributed by atoms with Crippen molar-refractivity contribution in [3.8, 4) is 0 Å². The number of hydrogen-bond acceptors (Lipinski definition) is 5. The van der Waals surface area contributed by atoms with E-state index in [-0.39, 0.29) is 24.5 Å². The number of rotatable bonds is 5. The maximum atomic E-state index is 11.7. The van der Waals surface area contributed by atoms with Gasteiger partial charge in [-0.15, -0.1) is 0 Å². The van der Waals surface area contributed by atoms with Gasteiger partial charge >= 0.3 is 18.1 Å². The summed E-state index contributed by atoms with van der Waals surface area (Å²) in [5.74, 6) is -3.59. The summed E-state index contributed by atoms with van der Waals surface area (Å²) < 4.78 is 36.8. The van der Waals surface area contributed by atoms with Gasteiger partial charge in [0.05, 0.1) is 6.42 Å². The molecule has 27 heavy (non-hydrogen) atoms. The molecule has 1 atom stereocenters. The molecular weight excluding hydrogens is 369 g/mol. The molecular formula is C17H23F3N2O5. The second kappa shape index (κ2) is 10.5. The molecule has 152 valence electrons. The Morgan fingerprint density at radius 3 is 2.04 bits per heavy atom. The van der Waals surface area contributed by atoms with Crippen LogP contribution < -0.4 is 11.1 Å². The fourth-order valence-electron chi connectivity index (χ4n) is 1.59. The molecule has 0 saturated carbocycles. The van der Waals surface area contributed by atoms with E-state index >= 15 is 0 Å². The van der Waals surface area contributed by atoms with Gasteiger partial charge in [0, 0.05) is 5.54 Å². The lowest BCUT2D eigenvalue weighted by atomic mass is 10.1. The number of benzene rings is 1. The topological polar surface area (TPSA) is 119 Å². The number of nitrogens with two attached hydrogens (primary N) is 1. The summed E-state index contributed by atoms with van der Waals surface area (Å²) in [5.41, 5.74) is 6.20. The number of carbonyl (C=O) groups is 3. The van der Waals surface area contributed by atoms with Crippen LogP contribution in [0, 0.1) is 0 Å². The van der Waals surface area contributed by atoms with Crippen LogP contribution >= 0.6 is 0 Å². The number of alkyl halides is 3. The molecule has 0 radical (unpaired) electrons. The van der Waals surface area contributed by atoms with E-state index < -0.39 is 24.2 Å². The molecule has 0 aromatic heterocycles. The van der Waals surface area contributed by atoms with Gasteiger partial charge in [-0.05, 0) is 26.3 Å². The monoisotopic (exact) mass is 392 g/mol. The van der Waals surface area contributed by atoms with Crippen molar-refractivity contribution < 1.29 is 37.4 Å². The Morgan fingerprint density at radius 2 is 1.63 bits per heavy atom. The highest BCUT2D eigenvalue weighted by molar-refractivity contribution is 5.85. The third kappa shape index (κ3) is 12.4. The number of carboxylic acid groups (broad SMARTS) is 1. The van der Waals surface area contributed by atoms with Gasteiger partial charge < -0.3 is 20.9 Å². The second-order valence-electron chi connectivity index (χ2n) is 6.51. The van der Waals surface area contributed by atoms with E-state index in [1.807, 2.05) is 51.1 Å². The van der Waals surface area contributed by atoms with E-state index in [2.05, 4.69) is 5.32 Å². The van der Waals surface area contributed by atoms with Crippen molar-refractivity contribution in [2.24, 2.45) is 5.73 Å². The first-order valence-corrected chi connectivity index (χ1v) is 7.79. The minimum Gasteiger partial charge on any atom is -0.475 e. The number of carboxylic acids is 1. The number of hydrogen-bond donors (Lipinski definition) is 3. The molecule has 0 bridgehead atoms. The summed E-state index contributed by atoms with van der Waals surface area (Å²) in [7, 11) is 0. The van der Waals surface area contributed by atoms with Crippen LogP contribution in [0.2, 0.25) is 0 Å². The van der Waals surface area contributed by atoms with Crippen LogP contribution in [0.1, 0.15) is 32.8 Å². The molecule has 1 aromatic carbocycles. The highest BCUT2D eigenvalue weighted by Crippen LogP contribution is 2.13. The Kier molecular flexibility index (Phi) is 9.49. The number of aliphatic carboxylic acids is 1. The minimum atomic E-state index is -5.08. The first-order chi connectivity index (χ1) is 12.2. The number of amides is 1. The molecule has 0 unspecified atom stereocenters. The van der Waals surface area contributed by atoms with Gasteiger partial charge in [0.15, 0.2) is 0 Å². The van der Waals surface area contributed by atoms with Crippen molar-refractivity contribution in [2.45, 2.75) is 51.6 Å². The first-order valence-electron chi connectivity index (χ1n) is 7.79. The molecule has 1 aromatic rings. The Balaban J connectivity index is 0.000000821. The molecule has 4 N–H and O–H groups in total. The lowest BCUT2D eigenvalue weighted by molar-refractivity contribution is -0.192. The summed E-state index contributed by atoms with van der Waals surface area (Å²) in [6.07, 6.45) is -5.16. The Labute approximate surface area is 154 Å². The number of carbonyl (C=O) groups excluding carboxylic acids is 2. The average molecular weight is 392 g/mol. The molecule has 0 saturated heterocycles. The van der Waals surface area contributed by atoms with Crippen molar-refractivity contribution in [3.63, 3.8) is 0 Å². The first kappa shape index (κ1) is 24.4. The molecule has 10 heteroatoms. The molecule has 0 aliphatic heterocycles. The zero-order chi connectivity index (χ0) is 21.3. The average Bonchev–Trinajstić information content (AvgIpc) is 2.51. The quantitative estimate of drug-likeness (QED) is 0.660. The number of nitrogens with one attached hydrogen (secondary N) is 1. The summed E-state index contributed by atoms with van der Waals surface area (Å²) in [5, 5.41) is 9.88. The molecule has 0 fully saturated rings. The highest BCUT2D eigenvalue weighted by atomic mass is 19.4. The van der Waals surface area contributed by atoms with Gasteiger partial charge in [0.2, 0.25) is 5.91 Å². The minimum absolute atomic E-state index is 0.0785. The summed E-state index contributed by atoms with van der Waals surface area (Å²) in [6, 6.07) is 8.37. The van der Waals surface area contributed by atoms with Crippen LogP contribution in [0.15, 0.2) is 30.3 Å². The van der Waals surface area contributed by atoms with Crippen LogP contribution in [0.3, 0.4) is 0 Å². The molecule has 7 nitrogen and oxygen atoms in total. The predicted molar refractivity (Wildman–Crippen MR) is 90.4 cm³/mol. The van der Waals surface area contributed by atoms with Crippen LogP contribution in [0.4, 0.5) is 13.2 Å². The number of esters is 1. The SMILES string of the molecule is CC(C)(C)NC(=O)C[C@H](N)C(=O)OCc1ccccc1.O=C(O)C(F)(F)F. The van der Waals surface area contributed by atoms with Crippen LogP contribution in [-0.2, 0) is 25.7 Å². The van der Waals surface area contributed by atoms with Crippen molar-refractivity contribution in [2.75, 3.05) is 0 Å². The summed E-state index contributed by atoms with van der Waals surface area (Å²) >= 11 is 0. The van der Waals surface area contributed by atoms with E-state index in [9.17, 15) is 22.8 Å². The van der Waals surface area contributed by atoms with E-state index in [0.717, 1.165) is 5.56 Å². The van der Waals surface area contributed by atoms with Crippen LogP contribution in [0.25, 0.3) is 0 Å². The fourth-order valence-corrected chi connectivity index (χ4v) is 1.59. The normalized spacial score (nSPS) is 12.3. The van der Waals surface area contributed by atoms with E-state index in [1.54, 1.807) is 0 Å². The molecule has 0 aliphatic carbocycles.